The lowest BCUT2D eigenvalue weighted by atomic mass is 10.1. The van der Waals surface area contributed by atoms with Gasteiger partial charge in [0, 0.05) is 24.6 Å². The molecule has 2 amide bonds. The van der Waals surface area contributed by atoms with Crippen molar-refractivity contribution in [3.8, 4) is 11.5 Å². The lowest BCUT2D eigenvalue weighted by Crippen LogP contribution is -2.24. The first-order valence-corrected chi connectivity index (χ1v) is 12.1. The lowest BCUT2D eigenvalue weighted by molar-refractivity contribution is -0.117. The van der Waals surface area contributed by atoms with Crippen LogP contribution in [0.15, 0.2) is 72.8 Å². The molecule has 0 saturated carbocycles. The van der Waals surface area contributed by atoms with E-state index in [-0.39, 0.29) is 17.7 Å². The van der Waals surface area contributed by atoms with E-state index in [2.05, 4.69) is 22.4 Å². The van der Waals surface area contributed by atoms with Crippen molar-refractivity contribution in [1.82, 2.24) is 10.2 Å². The molecule has 176 valence electrons. The Morgan fingerprint density at radius 3 is 2.57 bits per heavy atom. The van der Waals surface area contributed by atoms with Gasteiger partial charge in [-0.2, -0.15) is 0 Å². The van der Waals surface area contributed by atoms with Gasteiger partial charge in [-0.25, -0.2) is 0 Å². The number of carbonyl (C=O) groups is 2. The fourth-order valence-corrected chi connectivity index (χ4v) is 4.82. The van der Waals surface area contributed by atoms with Gasteiger partial charge in [-0.1, -0.05) is 47.7 Å². The molecule has 3 aromatic carbocycles. The molecule has 1 aromatic heterocycles. The Morgan fingerprint density at radius 1 is 1.00 bits per heavy atom. The molecular formula is C27H24N4O3S. The summed E-state index contributed by atoms with van der Waals surface area (Å²) in [6, 6.07) is 22.4. The average molecular weight is 485 g/mol. The average Bonchev–Trinajstić information content (AvgIpc) is 3.48. The van der Waals surface area contributed by atoms with Crippen molar-refractivity contribution in [1.29, 1.82) is 0 Å². The molecule has 1 fully saturated rings. The van der Waals surface area contributed by atoms with Crippen LogP contribution in [0.5, 0.6) is 11.5 Å². The molecule has 2 heterocycles. The lowest BCUT2D eigenvalue weighted by Gasteiger charge is -2.17. The highest BCUT2D eigenvalue weighted by molar-refractivity contribution is 7.15. The topological polar surface area (TPSA) is 84.4 Å². The standard InChI is InChI=1S/C27H24N4O3S/c1-17-12-13-20(14-18(17)2)31-16-19(15-24(31)32)26-29-30-27(35-26)28-25(33)22-10-6-7-11-23(22)34-21-8-4-3-5-9-21/h3-14,19H,15-16H2,1-2H3,(H,28,30,33). The van der Waals surface area contributed by atoms with Crippen molar-refractivity contribution in [2.75, 3.05) is 16.8 Å². The molecule has 0 radical (unpaired) electrons. The van der Waals surface area contributed by atoms with Crippen LogP contribution in [0, 0.1) is 13.8 Å². The number of aryl methyl sites for hydroxylation is 2. The van der Waals surface area contributed by atoms with E-state index in [4.69, 9.17) is 4.74 Å². The number of hydrogen-bond acceptors (Lipinski definition) is 6. The molecule has 1 N–H and O–H groups in total. The predicted octanol–water partition coefficient (Wildman–Crippen LogP) is 5.72. The molecule has 1 unspecified atom stereocenters. The first kappa shape index (κ1) is 22.7. The Hall–Kier alpha value is -4.04. The van der Waals surface area contributed by atoms with Crippen LogP contribution in [0.2, 0.25) is 0 Å². The molecule has 1 aliphatic heterocycles. The number of anilines is 2. The molecule has 4 aromatic rings. The van der Waals surface area contributed by atoms with Crippen LogP contribution in [-0.2, 0) is 4.79 Å². The smallest absolute Gasteiger partial charge is 0.261 e. The quantitative estimate of drug-likeness (QED) is 0.378. The zero-order valence-electron chi connectivity index (χ0n) is 19.4. The Bertz CT molecular complexity index is 1390. The fourth-order valence-electron chi connectivity index (χ4n) is 3.99. The largest absolute Gasteiger partial charge is 0.457 e. The molecule has 5 rings (SSSR count). The van der Waals surface area contributed by atoms with Crippen LogP contribution in [-0.4, -0.2) is 28.6 Å². The number of nitrogens with one attached hydrogen (secondary N) is 1. The van der Waals surface area contributed by atoms with Crippen LogP contribution in [0.1, 0.15) is 38.8 Å². The zero-order chi connectivity index (χ0) is 24.4. The first-order valence-electron chi connectivity index (χ1n) is 11.3. The van der Waals surface area contributed by atoms with Gasteiger partial charge in [0.2, 0.25) is 11.0 Å². The van der Waals surface area contributed by atoms with E-state index in [9.17, 15) is 9.59 Å². The molecule has 1 saturated heterocycles. The first-order chi connectivity index (χ1) is 17.0. The minimum absolute atomic E-state index is 0.0611. The second-order valence-corrected chi connectivity index (χ2v) is 9.49. The van der Waals surface area contributed by atoms with E-state index in [1.807, 2.05) is 61.5 Å². The molecule has 1 aliphatic rings. The second-order valence-electron chi connectivity index (χ2n) is 8.48. The number of amides is 2. The number of ether oxygens (including phenoxy) is 1. The van der Waals surface area contributed by atoms with Crippen LogP contribution < -0.4 is 15.0 Å². The van der Waals surface area contributed by atoms with Gasteiger partial charge in [0.15, 0.2) is 0 Å². The van der Waals surface area contributed by atoms with Crippen molar-refractivity contribution < 1.29 is 14.3 Å². The summed E-state index contributed by atoms with van der Waals surface area (Å²) in [4.78, 5) is 27.5. The Balaban J connectivity index is 1.28. The van der Waals surface area contributed by atoms with E-state index in [1.54, 1.807) is 23.1 Å². The van der Waals surface area contributed by atoms with Crippen molar-refractivity contribution in [2.24, 2.45) is 0 Å². The molecule has 1 atom stereocenters. The maximum Gasteiger partial charge on any atom is 0.261 e. The fraction of sp³-hybridized carbons (Fsp3) is 0.185. The van der Waals surface area contributed by atoms with Crippen LogP contribution >= 0.6 is 11.3 Å². The number of benzene rings is 3. The van der Waals surface area contributed by atoms with E-state index < -0.39 is 0 Å². The van der Waals surface area contributed by atoms with Gasteiger partial charge in [-0.05, 0) is 61.4 Å². The number of carbonyl (C=O) groups excluding carboxylic acids is 2. The van der Waals surface area contributed by atoms with E-state index >= 15 is 0 Å². The minimum atomic E-state index is -0.335. The summed E-state index contributed by atoms with van der Waals surface area (Å²) in [5, 5.41) is 12.4. The predicted molar refractivity (Wildman–Crippen MR) is 136 cm³/mol. The highest BCUT2D eigenvalue weighted by Gasteiger charge is 2.34. The van der Waals surface area contributed by atoms with E-state index in [1.165, 1.54) is 16.9 Å². The number of rotatable bonds is 6. The summed E-state index contributed by atoms with van der Waals surface area (Å²) in [5.41, 5.74) is 3.63. The van der Waals surface area contributed by atoms with Gasteiger partial charge in [0.05, 0.1) is 5.56 Å². The van der Waals surface area contributed by atoms with Crippen molar-refractivity contribution in [3.63, 3.8) is 0 Å². The van der Waals surface area contributed by atoms with Gasteiger partial charge in [-0.15, -0.1) is 10.2 Å². The van der Waals surface area contributed by atoms with E-state index in [0.29, 0.717) is 35.2 Å². The van der Waals surface area contributed by atoms with Gasteiger partial charge in [0.25, 0.3) is 5.91 Å². The van der Waals surface area contributed by atoms with Crippen LogP contribution in [0.3, 0.4) is 0 Å². The molecular weight excluding hydrogens is 460 g/mol. The molecule has 8 heteroatoms. The SMILES string of the molecule is Cc1ccc(N2CC(c3nnc(NC(=O)c4ccccc4Oc4ccccc4)s3)CC2=O)cc1C. The molecule has 0 bridgehead atoms. The zero-order valence-corrected chi connectivity index (χ0v) is 20.2. The van der Waals surface area contributed by atoms with Crippen LogP contribution in [0.4, 0.5) is 10.8 Å². The summed E-state index contributed by atoms with van der Waals surface area (Å²) in [6.07, 6.45) is 0.364. The number of nitrogens with zero attached hydrogens (tertiary/aromatic N) is 3. The number of para-hydroxylation sites is 2. The summed E-state index contributed by atoms with van der Waals surface area (Å²) in [6.45, 7) is 4.63. The van der Waals surface area contributed by atoms with Gasteiger partial charge in [0.1, 0.15) is 16.5 Å². The van der Waals surface area contributed by atoms with Crippen molar-refractivity contribution in [3.05, 3.63) is 94.5 Å². The Kier molecular flexibility index (Phi) is 6.29. The molecule has 7 nitrogen and oxygen atoms in total. The minimum Gasteiger partial charge on any atom is -0.457 e. The second kappa shape index (κ2) is 9.68. The van der Waals surface area contributed by atoms with Gasteiger partial charge in [-0.3, -0.25) is 14.9 Å². The van der Waals surface area contributed by atoms with Crippen molar-refractivity contribution in [2.45, 2.75) is 26.2 Å². The van der Waals surface area contributed by atoms with Gasteiger partial charge >= 0.3 is 0 Å². The number of hydrogen-bond donors (Lipinski definition) is 1. The third-order valence-corrected chi connectivity index (χ3v) is 7.04. The summed E-state index contributed by atoms with van der Waals surface area (Å²) < 4.78 is 5.90. The maximum atomic E-state index is 13.0. The summed E-state index contributed by atoms with van der Waals surface area (Å²) in [7, 11) is 0. The monoisotopic (exact) mass is 484 g/mol. The normalized spacial score (nSPS) is 15.3. The molecule has 0 spiro atoms. The molecule has 0 aliphatic carbocycles. The highest BCUT2D eigenvalue weighted by atomic mass is 32.1. The third-order valence-electron chi connectivity index (χ3n) is 6.04. The summed E-state index contributed by atoms with van der Waals surface area (Å²) in [5.74, 6) is 0.752. The maximum absolute atomic E-state index is 13.0. The Labute approximate surface area is 207 Å². The number of aromatic nitrogens is 2. The Morgan fingerprint density at radius 2 is 1.77 bits per heavy atom. The van der Waals surface area contributed by atoms with Crippen LogP contribution in [0.25, 0.3) is 0 Å². The van der Waals surface area contributed by atoms with Gasteiger partial charge < -0.3 is 9.64 Å². The third kappa shape index (κ3) is 4.93. The van der Waals surface area contributed by atoms with E-state index in [0.717, 1.165) is 16.3 Å². The summed E-state index contributed by atoms with van der Waals surface area (Å²) >= 11 is 1.29. The molecule has 35 heavy (non-hydrogen) atoms. The highest BCUT2D eigenvalue weighted by Crippen LogP contribution is 2.35. The van der Waals surface area contributed by atoms with Crippen molar-refractivity contribution >= 4 is 34.0 Å².